The number of nitrogens with zero attached hydrogens (tertiary/aromatic N) is 1. The Labute approximate surface area is 96.3 Å². The zero-order valence-electron chi connectivity index (χ0n) is 9.94. The van der Waals surface area contributed by atoms with Crippen molar-refractivity contribution in [1.29, 1.82) is 0 Å². The SMILES string of the molecule is CCCCNC(=O)Cn1cccc1C(C)O. The summed E-state index contributed by atoms with van der Waals surface area (Å²) in [5, 5.41) is 12.3. The molecule has 1 heterocycles. The third-order valence-corrected chi connectivity index (χ3v) is 2.46. The Morgan fingerprint density at radius 3 is 3.00 bits per heavy atom. The molecule has 0 bridgehead atoms. The number of aliphatic hydroxyl groups is 1. The van der Waals surface area contributed by atoms with Crippen LogP contribution in [0.3, 0.4) is 0 Å². The highest BCUT2D eigenvalue weighted by atomic mass is 16.3. The molecule has 1 atom stereocenters. The minimum absolute atomic E-state index is 0.00782. The predicted octanol–water partition coefficient (Wildman–Crippen LogP) is 1.46. The summed E-state index contributed by atoms with van der Waals surface area (Å²) in [6.45, 7) is 4.78. The number of unbranched alkanes of at least 4 members (excludes halogenated alkanes) is 1. The average Bonchev–Trinajstić information content (AvgIpc) is 2.66. The fourth-order valence-corrected chi connectivity index (χ4v) is 1.57. The van der Waals surface area contributed by atoms with Crippen molar-refractivity contribution in [3.8, 4) is 0 Å². The maximum atomic E-state index is 11.5. The van der Waals surface area contributed by atoms with E-state index in [1.54, 1.807) is 17.7 Å². The molecular formula is C12H20N2O2. The van der Waals surface area contributed by atoms with Crippen molar-refractivity contribution in [3.63, 3.8) is 0 Å². The zero-order valence-corrected chi connectivity index (χ0v) is 9.94. The van der Waals surface area contributed by atoms with Gasteiger partial charge in [0.25, 0.3) is 0 Å². The maximum absolute atomic E-state index is 11.5. The quantitative estimate of drug-likeness (QED) is 0.719. The first kappa shape index (κ1) is 12.8. The summed E-state index contributed by atoms with van der Waals surface area (Å²) in [6, 6.07) is 3.66. The second kappa shape index (κ2) is 6.33. The summed E-state index contributed by atoms with van der Waals surface area (Å²) in [6.07, 6.45) is 3.34. The minimum Gasteiger partial charge on any atom is -0.387 e. The average molecular weight is 224 g/mol. The third kappa shape index (κ3) is 3.70. The molecule has 0 radical (unpaired) electrons. The zero-order chi connectivity index (χ0) is 12.0. The highest BCUT2D eigenvalue weighted by molar-refractivity contribution is 5.75. The van der Waals surface area contributed by atoms with E-state index in [0.29, 0.717) is 0 Å². The number of carbonyl (C=O) groups excluding carboxylic acids is 1. The monoisotopic (exact) mass is 224 g/mol. The Kier molecular flexibility index (Phi) is 5.05. The molecule has 0 spiro atoms. The molecule has 0 saturated heterocycles. The van der Waals surface area contributed by atoms with Crippen LogP contribution in [0.15, 0.2) is 18.3 Å². The fourth-order valence-electron chi connectivity index (χ4n) is 1.57. The molecule has 4 nitrogen and oxygen atoms in total. The number of rotatable bonds is 6. The second-order valence-electron chi connectivity index (χ2n) is 3.94. The molecule has 1 amide bonds. The van der Waals surface area contributed by atoms with E-state index < -0.39 is 6.10 Å². The molecule has 2 N–H and O–H groups in total. The molecule has 16 heavy (non-hydrogen) atoms. The summed E-state index contributed by atoms with van der Waals surface area (Å²) >= 11 is 0. The molecule has 4 heteroatoms. The first-order valence-corrected chi connectivity index (χ1v) is 5.75. The molecule has 0 aromatic carbocycles. The van der Waals surface area contributed by atoms with Gasteiger partial charge < -0.3 is 15.0 Å². The fraction of sp³-hybridized carbons (Fsp3) is 0.583. The van der Waals surface area contributed by atoms with Crippen molar-refractivity contribution in [2.24, 2.45) is 0 Å². The smallest absolute Gasteiger partial charge is 0.239 e. The standard InChI is InChI=1S/C12H20N2O2/c1-3-4-7-13-12(16)9-14-8-5-6-11(14)10(2)15/h5-6,8,10,15H,3-4,7,9H2,1-2H3,(H,13,16). The van der Waals surface area contributed by atoms with Crippen LogP contribution in [0.5, 0.6) is 0 Å². The number of carbonyl (C=O) groups is 1. The lowest BCUT2D eigenvalue weighted by Gasteiger charge is -2.11. The Hall–Kier alpha value is -1.29. The van der Waals surface area contributed by atoms with E-state index in [9.17, 15) is 9.90 Å². The van der Waals surface area contributed by atoms with E-state index in [4.69, 9.17) is 0 Å². The van der Waals surface area contributed by atoms with Crippen molar-refractivity contribution in [3.05, 3.63) is 24.0 Å². The lowest BCUT2D eigenvalue weighted by atomic mass is 10.3. The Morgan fingerprint density at radius 1 is 1.62 bits per heavy atom. The van der Waals surface area contributed by atoms with E-state index >= 15 is 0 Å². The van der Waals surface area contributed by atoms with Crippen molar-refractivity contribution in [2.75, 3.05) is 6.54 Å². The topological polar surface area (TPSA) is 54.3 Å². The summed E-state index contributed by atoms with van der Waals surface area (Å²) in [7, 11) is 0. The van der Waals surface area contributed by atoms with Gasteiger partial charge in [0.05, 0.1) is 6.10 Å². The summed E-state index contributed by atoms with van der Waals surface area (Å²) in [5.74, 6) is -0.00782. The first-order valence-electron chi connectivity index (χ1n) is 5.75. The Bertz CT molecular complexity index is 332. The molecule has 0 aliphatic rings. The van der Waals surface area contributed by atoms with Crippen LogP contribution < -0.4 is 5.32 Å². The van der Waals surface area contributed by atoms with Crippen molar-refractivity contribution < 1.29 is 9.90 Å². The van der Waals surface area contributed by atoms with Gasteiger partial charge in [-0.05, 0) is 25.5 Å². The number of aromatic nitrogens is 1. The molecular weight excluding hydrogens is 204 g/mol. The van der Waals surface area contributed by atoms with E-state index in [-0.39, 0.29) is 12.5 Å². The van der Waals surface area contributed by atoms with Crippen LogP contribution in [0.1, 0.15) is 38.5 Å². The molecule has 0 aliphatic heterocycles. The molecule has 0 aliphatic carbocycles. The van der Waals surface area contributed by atoms with Crippen LogP contribution in [-0.2, 0) is 11.3 Å². The van der Waals surface area contributed by atoms with Crippen LogP contribution in [0, 0.1) is 0 Å². The van der Waals surface area contributed by atoms with E-state index in [0.717, 1.165) is 25.1 Å². The largest absolute Gasteiger partial charge is 0.387 e. The summed E-state index contributed by atoms with van der Waals surface area (Å²) < 4.78 is 1.77. The van der Waals surface area contributed by atoms with Crippen molar-refractivity contribution in [1.82, 2.24) is 9.88 Å². The molecule has 1 rings (SSSR count). The van der Waals surface area contributed by atoms with Crippen LogP contribution >= 0.6 is 0 Å². The molecule has 0 fully saturated rings. The second-order valence-corrected chi connectivity index (χ2v) is 3.94. The van der Waals surface area contributed by atoms with Gasteiger partial charge in [-0.1, -0.05) is 13.3 Å². The number of hydrogen-bond acceptors (Lipinski definition) is 2. The lowest BCUT2D eigenvalue weighted by Crippen LogP contribution is -2.28. The summed E-state index contributed by atoms with van der Waals surface area (Å²) in [4.78, 5) is 11.5. The highest BCUT2D eigenvalue weighted by Crippen LogP contribution is 2.12. The van der Waals surface area contributed by atoms with Gasteiger partial charge in [-0.15, -0.1) is 0 Å². The van der Waals surface area contributed by atoms with E-state index in [1.807, 2.05) is 12.1 Å². The third-order valence-electron chi connectivity index (χ3n) is 2.46. The van der Waals surface area contributed by atoms with Gasteiger partial charge in [-0.2, -0.15) is 0 Å². The number of hydrogen-bond donors (Lipinski definition) is 2. The van der Waals surface area contributed by atoms with Crippen molar-refractivity contribution in [2.45, 2.75) is 39.3 Å². The Balaban J connectivity index is 2.46. The van der Waals surface area contributed by atoms with Crippen LogP contribution in [0.4, 0.5) is 0 Å². The number of aliphatic hydroxyl groups excluding tert-OH is 1. The van der Waals surface area contributed by atoms with Crippen LogP contribution in [0.2, 0.25) is 0 Å². The maximum Gasteiger partial charge on any atom is 0.239 e. The number of nitrogens with one attached hydrogen (secondary N) is 1. The highest BCUT2D eigenvalue weighted by Gasteiger charge is 2.09. The molecule has 0 saturated carbocycles. The molecule has 1 aromatic heterocycles. The van der Waals surface area contributed by atoms with Gasteiger partial charge in [0, 0.05) is 18.4 Å². The normalized spacial score (nSPS) is 12.4. The summed E-state index contributed by atoms with van der Waals surface area (Å²) in [5.41, 5.74) is 0.769. The van der Waals surface area contributed by atoms with Gasteiger partial charge in [0.2, 0.25) is 5.91 Å². The number of amides is 1. The van der Waals surface area contributed by atoms with Gasteiger partial charge >= 0.3 is 0 Å². The van der Waals surface area contributed by atoms with Gasteiger partial charge in [0.1, 0.15) is 6.54 Å². The predicted molar refractivity (Wildman–Crippen MR) is 63.0 cm³/mol. The van der Waals surface area contributed by atoms with Gasteiger partial charge in [-0.25, -0.2) is 0 Å². The first-order chi connectivity index (χ1) is 7.65. The van der Waals surface area contributed by atoms with Gasteiger partial charge in [0.15, 0.2) is 0 Å². The van der Waals surface area contributed by atoms with Crippen LogP contribution in [-0.4, -0.2) is 22.1 Å². The van der Waals surface area contributed by atoms with Crippen LogP contribution in [0.25, 0.3) is 0 Å². The molecule has 1 aromatic rings. The minimum atomic E-state index is -0.543. The van der Waals surface area contributed by atoms with E-state index in [1.165, 1.54) is 0 Å². The Morgan fingerprint density at radius 2 is 2.38 bits per heavy atom. The van der Waals surface area contributed by atoms with Crippen molar-refractivity contribution >= 4 is 5.91 Å². The molecule has 1 unspecified atom stereocenters. The molecule has 90 valence electrons. The lowest BCUT2D eigenvalue weighted by molar-refractivity contribution is -0.121. The van der Waals surface area contributed by atoms with E-state index in [2.05, 4.69) is 12.2 Å². The van der Waals surface area contributed by atoms with Gasteiger partial charge in [-0.3, -0.25) is 4.79 Å².